The van der Waals surface area contributed by atoms with E-state index in [4.69, 9.17) is 10.3 Å². The number of hydrogen-bond donors (Lipinski definition) is 1. The highest BCUT2D eigenvalue weighted by Gasteiger charge is 2.33. The summed E-state index contributed by atoms with van der Waals surface area (Å²) in [7, 11) is 1.90. The first kappa shape index (κ1) is 11.6. The number of nitrogens with zero attached hydrogens (tertiary/aromatic N) is 4. The summed E-state index contributed by atoms with van der Waals surface area (Å²) in [5, 5.41) is 9.49. The second-order valence-electron chi connectivity index (χ2n) is 5.31. The summed E-state index contributed by atoms with van der Waals surface area (Å²) in [6, 6.07) is 7.85. The van der Waals surface area contributed by atoms with Gasteiger partial charge >= 0.3 is 0 Å². The third-order valence-electron chi connectivity index (χ3n) is 3.83. The Morgan fingerprint density at radius 3 is 2.95 bits per heavy atom. The van der Waals surface area contributed by atoms with Gasteiger partial charge in [0.15, 0.2) is 11.5 Å². The normalized spacial score (nSPS) is 16.7. The molecule has 3 aromatic rings. The highest BCUT2D eigenvalue weighted by atomic mass is 16.5. The molecule has 0 aliphatic heterocycles. The molecule has 20 heavy (non-hydrogen) atoms. The molecule has 6 heteroatoms. The van der Waals surface area contributed by atoms with Crippen LogP contribution in [0.15, 0.2) is 28.8 Å². The molecule has 0 saturated heterocycles. The van der Waals surface area contributed by atoms with Gasteiger partial charge in [-0.1, -0.05) is 23.4 Å². The van der Waals surface area contributed by atoms with Crippen LogP contribution in [0.4, 0.5) is 0 Å². The number of rotatable bonds is 3. The summed E-state index contributed by atoms with van der Waals surface area (Å²) in [5.41, 5.74) is 7.85. The van der Waals surface area contributed by atoms with Crippen LogP contribution in [0.2, 0.25) is 0 Å². The minimum atomic E-state index is -0.123. The molecule has 2 aromatic heterocycles. The maximum atomic E-state index is 6.10. The molecule has 0 spiro atoms. The van der Waals surface area contributed by atoms with Crippen LogP contribution >= 0.6 is 0 Å². The van der Waals surface area contributed by atoms with Crippen LogP contribution in [0.1, 0.15) is 24.7 Å². The molecule has 102 valence electrons. The quantitative estimate of drug-likeness (QED) is 0.786. The number of hydrogen-bond acceptors (Lipinski definition) is 5. The summed E-state index contributed by atoms with van der Waals surface area (Å²) in [6.45, 7) is 0. The van der Waals surface area contributed by atoms with Gasteiger partial charge in [0.1, 0.15) is 0 Å². The molecule has 2 N–H and O–H groups in total. The molecular weight excluding hydrogens is 254 g/mol. The Kier molecular flexibility index (Phi) is 2.40. The van der Waals surface area contributed by atoms with Gasteiger partial charge in [-0.3, -0.25) is 4.68 Å². The Balaban J connectivity index is 1.79. The van der Waals surface area contributed by atoms with Gasteiger partial charge in [-0.05, 0) is 24.8 Å². The van der Waals surface area contributed by atoms with Crippen LogP contribution < -0.4 is 5.73 Å². The minimum absolute atomic E-state index is 0.123. The Labute approximate surface area is 115 Å². The van der Waals surface area contributed by atoms with E-state index in [0.717, 1.165) is 23.7 Å². The van der Waals surface area contributed by atoms with Crippen molar-refractivity contribution in [3.05, 3.63) is 30.1 Å². The SMILES string of the molecule is Cn1nc(-c2nc(C(N)C3CC3)no2)c2ccccc21. The number of aryl methyl sites for hydroxylation is 1. The van der Waals surface area contributed by atoms with Crippen LogP contribution in [-0.4, -0.2) is 19.9 Å². The summed E-state index contributed by atoms with van der Waals surface area (Å²) >= 11 is 0. The van der Waals surface area contributed by atoms with Crippen LogP contribution in [-0.2, 0) is 7.05 Å². The molecule has 1 aliphatic rings. The number of aromatic nitrogens is 4. The number of fused-ring (bicyclic) bond motifs is 1. The van der Waals surface area contributed by atoms with Gasteiger partial charge in [-0.25, -0.2) is 0 Å². The third-order valence-corrected chi connectivity index (χ3v) is 3.83. The summed E-state index contributed by atoms with van der Waals surface area (Å²) in [5.74, 6) is 1.52. The molecule has 1 fully saturated rings. The zero-order valence-electron chi connectivity index (χ0n) is 11.2. The first-order chi connectivity index (χ1) is 9.74. The van der Waals surface area contributed by atoms with Crippen molar-refractivity contribution in [2.45, 2.75) is 18.9 Å². The molecular formula is C14H15N5O. The fourth-order valence-corrected chi connectivity index (χ4v) is 2.50. The second kappa shape index (κ2) is 4.14. The van der Waals surface area contributed by atoms with Gasteiger partial charge in [0.05, 0.1) is 11.6 Å². The van der Waals surface area contributed by atoms with Crippen molar-refractivity contribution in [2.24, 2.45) is 18.7 Å². The molecule has 1 unspecified atom stereocenters. The fraction of sp³-hybridized carbons (Fsp3) is 0.357. The van der Waals surface area contributed by atoms with Gasteiger partial charge in [-0.2, -0.15) is 10.1 Å². The van der Waals surface area contributed by atoms with Crippen molar-refractivity contribution >= 4 is 10.9 Å². The standard InChI is InChI=1S/C14H15N5O/c1-19-10-5-3-2-4-9(10)12(17-19)14-16-13(18-20-14)11(15)8-6-7-8/h2-5,8,11H,6-7,15H2,1H3. The van der Waals surface area contributed by atoms with E-state index in [1.54, 1.807) is 0 Å². The molecule has 4 rings (SSSR count). The van der Waals surface area contributed by atoms with Crippen molar-refractivity contribution < 1.29 is 4.52 Å². The van der Waals surface area contributed by atoms with Crippen LogP contribution in [0.25, 0.3) is 22.5 Å². The van der Waals surface area contributed by atoms with E-state index in [-0.39, 0.29) is 6.04 Å². The Morgan fingerprint density at radius 2 is 2.15 bits per heavy atom. The molecule has 0 amide bonds. The van der Waals surface area contributed by atoms with E-state index in [1.807, 2.05) is 36.0 Å². The van der Waals surface area contributed by atoms with E-state index >= 15 is 0 Å². The van der Waals surface area contributed by atoms with Gasteiger partial charge in [0.2, 0.25) is 0 Å². The molecule has 1 saturated carbocycles. The van der Waals surface area contributed by atoms with Gasteiger partial charge in [0, 0.05) is 12.4 Å². The van der Waals surface area contributed by atoms with E-state index in [0.29, 0.717) is 23.3 Å². The lowest BCUT2D eigenvalue weighted by molar-refractivity contribution is 0.410. The van der Waals surface area contributed by atoms with E-state index in [9.17, 15) is 0 Å². The lowest BCUT2D eigenvalue weighted by Crippen LogP contribution is -2.13. The van der Waals surface area contributed by atoms with E-state index < -0.39 is 0 Å². The smallest absolute Gasteiger partial charge is 0.279 e. The van der Waals surface area contributed by atoms with Gasteiger partial charge < -0.3 is 10.3 Å². The zero-order chi connectivity index (χ0) is 13.7. The molecule has 6 nitrogen and oxygen atoms in total. The third kappa shape index (κ3) is 1.72. The number of para-hydroxylation sites is 1. The maximum absolute atomic E-state index is 6.10. The Morgan fingerprint density at radius 1 is 1.35 bits per heavy atom. The lowest BCUT2D eigenvalue weighted by atomic mass is 10.2. The minimum Gasteiger partial charge on any atom is -0.332 e. The highest BCUT2D eigenvalue weighted by molar-refractivity contribution is 5.91. The average molecular weight is 269 g/mol. The van der Waals surface area contributed by atoms with Gasteiger partial charge in [-0.15, -0.1) is 0 Å². The van der Waals surface area contributed by atoms with Crippen molar-refractivity contribution in [2.75, 3.05) is 0 Å². The number of benzene rings is 1. The lowest BCUT2D eigenvalue weighted by Gasteiger charge is -2.01. The van der Waals surface area contributed by atoms with Crippen LogP contribution in [0.3, 0.4) is 0 Å². The Hall–Kier alpha value is -2.21. The summed E-state index contributed by atoms with van der Waals surface area (Å²) < 4.78 is 7.17. The Bertz CT molecular complexity index is 771. The van der Waals surface area contributed by atoms with Gasteiger partial charge in [0.25, 0.3) is 5.89 Å². The predicted octanol–water partition coefficient (Wildman–Crippen LogP) is 2.03. The fourth-order valence-electron chi connectivity index (χ4n) is 2.50. The van der Waals surface area contributed by atoms with E-state index in [2.05, 4.69) is 15.2 Å². The molecule has 1 aromatic carbocycles. The monoisotopic (exact) mass is 269 g/mol. The second-order valence-corrected chi connectivity index (χ2v) is 5.31. The highest BCUT2D eigenvalue weighted by Crippen LogP contribution is 2.39. The van der Waals surface area contributed by atoms with Crippen LogP contribution in [0, 0.1) is 5.92 Å². The van der Waals surface area contributed by atoms with Crippen molar-refractivity contribution in [3.63, 3.8) is 0 Å². The summed E-state index contributed by atoms with van der Waals surface area (Å²) in [6.07, 6.45) is 2.30. The topological polar surface area (TPSA) is 82.8 Å². The maximum Gasteiger partial charge on any atom is 0.279 e. The van der Waals surface area contributed by atoms with Crippen molar-refractivity contribution in [3.8, 4) is 11.6 Å². The van der Waals surface area contributed by atoms with Crippen molar-refractivity contribution in [1.82, 2.24) is 19.9 Å². The molecule has 1 atom stereocenters. The first-order valence-electron chi connectivity index (χ1n) is 6.75. The summed E-state index contributed by atoms with van der Waals surface area (Å²) in [4.78, 5) is 4.43. The largest absolute Gasteiger partial charge is 0.332 e. The predicted molar refractivity (Wildman–Crippen MR) is 73.7 cm³/mol. The molecule has 2 heterocycles. The van der Waals surface area contributed by atoms with Crippen molar-refractivity contribution in [1.29, 1.82) is 0 Å². The first-order valence-corrected chi connectivity index (χ1v) is 6.75. The van der Waals surface area contributed by atoms with Crippen LogP contribution in [0.5, 0.6) is 0 Å². The zero-order valence-corrected chi connectivity index (χ0v) is 11.2. The molecule has 0 radical (unpaired) electrons. The average Bonchev–Trinajstić information content (AvgIpc) is 3.11. The van der Waals surface area contributed by atoms with E-state index in [1.165, 1.54) is 0 Å². The molecule has 0 bridgehead atoms. The number of nitrogens with two attached hydrogens (primary N) is 1. The molecule has 1 aliphatic carbocycles.